The molecule has 1 saturated heterocycles. The molecule has 0 saturated carbocycles. The largest absolute Gasteiger partial charge is 0.462 e. The second-order valence-corrected chi connectivity index (χ2v) is 14.1. The monoisotopic (exact) mass is 597 g/mol. The summed E-state index contributed by atoms with van der Waals surface area (Å²) >= 11 is 1.99. The van der Waals surface area contributed by atoms with Crippen molar-refractivity contribution in [3.8, 4) is 0 Å². The van der Waals surface area contributed by atoms with Gasteiger partial charge in [-0.15, -0.1) is 11.8 Å². The molecule has 0 aliphatic carbocycles. The van der Waals surface area contributed by atoms with Crippen molar-refractivity contribution in [2.24, 2.45) is 5.41 Å². The number of carbonyl (C=O) groups is 2. The molecule has 0 amide bonds. The van der Waals surface area contributed by atoms with Crippen LogP contribution in [0.1, 0.15) is 46.9 Å². The lowest BCUT2D eigenvalue weighted by atomic mass is 10.00. The Labute approximate surface area is 229 Å². The molecule has 0 aromatic carbocycles. The highest BCUT2D eigenvalue weighted by atomic mass is 32.2. The first-order valence-electron chi connectivity index (χ1n) is 11.9. The second kappa shape index (κ2) is 13.8. The van der Waals surface area contributed by atoms with E-state index in [2.05, 4.69) is 10.1 Å². The van der Waals surface area contributed by atoms with Crippen LogP contribution < -0.4 is 16.3 Å². The van der Waals surface area contributed by atoms with Crippen LogP contribution in [0.25, 0.3) is 0 Å². The molecule has 216 valence electrons. The average Bonchev–Trinajstić information content (AvgIpc) is 3.08. The summed E-state index contributed by atoms with van der Waals surface area (Å²) < 4.78 is 30.8. The minimum absolute atomic E-state index is 0.0818. The number of hydrogen-bond acceptors (Lipinski definition) is 12. The third kappa shape index (κ3) is 9.33. The molecule has 1 unspecified atom stereocenters. The van der Waals surface area contributed by atoms with Crippen molar-refractivity contribution in [2.75, 3.05) is 19.0 Å². The third-order valence-corrected chi connectivity index (χ3v) is 9.63. The summed E-state index contributed by atoms with van der Waals surface area (Å²) in [6.07, 6.45) is -1.98. The van der Waals surface area contributed by atoms with Crippen LogP contribution in [0.5, 0.6) is 0 Å². The van der Waals surface area contributed by atoms with Gasteiger partial charge >= 0.3 is 19.4 Å². The molecule has 1 aromatic rings. The first-order valence-corrected chi connectivity index (χ1v) is 15.4. The number of carbonyl (C=O) groups excluding carboxylic acids is 2. The topological polar surface area (TPSA) is 186 Å². The number of H-pyrrole nitrogens is 1. The van der Waals surface area contributed by atoms with Crippen LogP contribution in [0.3, 0.4) is 0 Å². The number of thioether (sulfide) groups is 2. The fourth-order valence-electron chi connectivity index (χ4n) is 3.14. The predicted molar refractivity (Wildman–Crippen MR) is 144 cm³/mol. The van der Waals surface area contributed by atoms with Gasteiger partial charge < -0.3 is 14.9 Å². The summed E-state index contributed by atoms with van der Waals surface area (Å²) in [4.78, 5) is 50.0. The van der Waals surface area contributed by atoms with E-state index in [0.29, 0.717) is 0 Å². The molecule has 13 nitrogen and oxygen atoms in total. The van der Waals surface area contributed by atoms with E-state index < -0.39 is 65.4 Å². The normalized spacial score (nSPS) is 24.2. The highest BCUT2D eigenvalue weighted by molar-refractivity contribution is 8.13. The minimum atomic E-state index is -4.18. The van der Waals surface area contributed by atoms with Gasteiger partial charge in [0.25, 0.3) is 5.56 Å². The second-order valence-electron chi connectivity index (χ2n) is 9.91. The van der Waals surface area contributed by atoms with E-state index >= 15 is 0 Å². The van der Waals surface area contributed by atoms with Crippen molar-refractivity contribution in [3.05, 3.63) is 33.1 Å². The summed E-state index contributed by atoms with van der Waals surface area (Å²) in [6, 6.07) is 0.0305. The van der Waals surface area contributed by atoms with Crippen LogP contribution in [-0.2, 0) is 27.9 Å². The van der Waals surface area contributed by atoms with E-state index in [1.165, 1.54) is 13.1 Å². The quantitative estimate of drug-likeness (QED) is 0.153. The van der Waals surface area contributed by atoms with Gasteiger partial charge in [0, 0.05) is 23.4 Å². The Bertz CT molecular complexity index is 1140. The minimum Gasteiger partial charge on any atom is -0.462 e. The van der Waals surface area contributed by atoms with Crippen molar-refractivity contribution < 1.29 is 38.2 Å². The number of aromatic nitrogens is 2. The highest BCUT2D eigenvalue weighted by Crippen LogP contribution is 2.48. The fourth-order valence-corrected chi connectivity index (χ4v) is 7.09. The Balaban J connectivity index is 2.11. The molecule has 1 fully saturated rings. The molecular formula is C22H36N3O10PS2. The van der Waals surface area contributed by atoms with E-state index in [9.17, 15) is 34.0 Å². The molecule has 0 bridgehead atoms. The summed E-state index contributed by atoms with van der Waals surface area (Å²) in [5, 5.41) is 21.7. The Morgan fingerprint density at radius 3 is 2.45 bits per heavy atom. The number of rotatable bonds is 12. The predicted octanol–water partition coefficient (Wildman–Crippen LogP) is 1.25. The fraction of sp³-hybridized carbons (Fsp3) is 0.727. The van der Waals surface area contributed by atoms with Gasteiger partial charge in [-0.2, -0.15) is 0 Å². The lowest BCUT2D eigenvalue weighted by molar-refractivity contribution is -0.149. The Hall–Kier alpha value is -1.45. The van der Waals surface area contributed by atoms with Gasteiger partial charge in [-0.3, -0.25) is 33.0 Å². The number of hydrogen-bond donors (Lipinski definition) is 4. The zero-order valence-electron chi connectivity index (χ0n) is 22.1. The molecule has 38 heavy (non-hydrogen) atoms. The van der Waals surface area contributed by atoms with Crippen molar-refractivity contribution in [2.45, 2.75) is 76.5 Å². The van der Waals surface area contributed by atoms with E-state index in [-0.39, 0.29) is 24.1 Å². The molecule has 4 N–H and O–H groups in total. The maximum atomic E-state index is 13.5. The number of aromatic amines is 1. The Morgan fingerprint density at radius 2 is 1.87 bits per heavy atom. The third-order valence-electron chi connectivity index (χ3n) is 5.12. The lowest BCUT2D eigenvalue weighted by Crippen LogP contribution is -2.38. The molecule has 2 rings (SSSR count). The van der Waals surface area contributed by atoms with Gasteiger partial charge in [0.15, 0.2) is 5.12 Å². The van der Waals surface area contributed by atoms with E-state index in [0.717, 1.165) is 34.2 Å². The summed E-state index contributed by atoms with van der Waals surface area (Å²) in [5.74, 6) is -0.514. The number of nitrogens with one attached hydrogen (secondary N) is 2. The smallest absolute Gasteiger partial charge is 0.406 e. The molecule has 16 heteroatoms. The van der Waals surface area contributed by atoms with Crippen LogP contribution in [0.4, 0.5) is 0 Å². The summed E-state index contributed by atoms with van der Waals surface area (Å²) in [7, 11) is -4.18. The molecule has 1 aliphatic rings. The molecule has 0 spiro atoms. The molecular weight excluding hydrogens is 561 g/mol. The zero-order valence-corrected chi connectivity index (χ0v) is 24.6. The van der Waals surface area contributed by atoms with Gasteiger partial charge in [-0.05, 0) is 20.8 Å². The molecule has 6 atom stereocenters. The first-order chi connectivity index (χ1) is 17.5. The SMILES string of the molecule is CC(C)OC(=O)[C@@H](C)NP(=O)(OCCSC(=O)C(C)(C)C)OC[C@H]1S[C@@H](n2ccc(=O)[nH]c2=O)[C@H](O)[C@@H]1O. The molecule has 1 aliphatic heterocycles. The Kier molecular flexibility index (Phi) is 11.9. The van der Waals surface area contributed by atoms with E-state index in [4.69, 9.17) is 13.8 Å². The van der Waals surface area contributed by atoms with Gasteiger partial charge in [-0.1, -0.05) is 32.5 Å². The average molecular weight is 598 g/mol. The van der Waals surface area contributed by atoms with Gasteiger partial charge in [0.2, 0.25) is 0 Å². The lowest BCUT2D eigenvalue weighted by Gasteiger charge is -2.25. The van der Waals surface area contributed by atoms with E-state index in [1.54, 1.807) is 34.6 Å². The molecule has 0 radical (unpaired) electrons. The van der Waals surface area contributed by atoms with Crippen molar-refractivity contribution in [3.63, 3.8) is 0 Å². The first kappa shape index (κ1) is 32.8. The number of ether oxygens (including phenoxy) is 1. The number of aliphatic hydroxyl groups is 2. The van der Waals surface area contributed by atoms with E-state index in [1.807, 2.05) is 0 Å². The Morgan fingerprint density at radius 1 is 1.21 bits per heavy atom. The number of esters is 1. The van der Waals surface area contributed by atoms with Crippen LogP contribution >= 0.6 is 31.3 Å². The van der Waals surface area contributed by atoms with Crippen molar-refractivity contribution in [1.82, 2.24) is 14.6 Å². The van der Waals surface area contributed by atoms with Crippen LogP contribution in [-0.4, -0.2) is 79.4 Å². The standard InChI is InChI=1S/C22H36N3O10PS2/c1-12(2)35-19(29)13(3)24-36(32,33-9-10-37-20(30)22(4,5)6)34-11-14-16(27)17(28)18(38-14)25-8-7-15(26)23-21(25)31/h7-8,12-14,16-18,27-28H,9-11H2,1-6H3,(H,24,32)(H,23,26,31)/t13-,14-,16-,17-,18-,36?/m1/s1. The van der Waals surface area contributed by atoms with Crippen molar-refractivity contribution >= 4 is 42.4 Å². The summed E-state index contributed by atoms with van der Waals surface area (Å²) in [6.45, 7) is 9.52. The van der Waals surface area contributed by atoms with Crippen LogP contribution in [0, 0.1) is 5.41 Å². The van der Waals surface area contributed by atoms with Gasteiger partial charge in [-0.25, -0.2) is 14.4 Å². The zero-order chi connectivity index (χ0) is 28.8. The number of nitrogens with zero attached hydrogens (tertiary/aromatic N) is 1. The van der Waals surface area contributed by atoms with Crippen LogP contribution in [0.2, 0.25) is 0 Å². The maximum Gasteiger partial charge on any atom is 0.406 e. The highest BCUT2D eigenvalue weighted by Gasteiger charge is 2.45. The summed E-state index contributed by atoms with van der Waals surface area (Å²) in [5.41, 5.74) is -1.95. The van der Waals surface area contributed by atoms with Gasteiger partial charge in [0.1, 0.15) is 17.5 Å². The maximum absolute atomic E-state index is 13.5. The van der Waals surface area contributed by atoms with Crippen molar-refractivity contribution in [1.29, 1.82) is 0 Å². The van der Waals surface area contributed by atoms with Gasteiger partial charge in [0.05, 0.1) is 30.7 Å². The van der Waals surface area contributed by atoms with Crippen LogP contribution in [0.15, 0.2) is 21.9 Å². The number of aliphatic hydroxyl groups excluding tert-OH is 2. The molecule has 2 heterocycles. The molecule has 1 aromatic heterocycles.